The van der Waals surface area contributed by atoms with Gasteiger partial charge < -0.3 is 15.4 Å². The fraction of sp³-hybridized carbons (Fsp3) is 0.450. The quantitative estimate of drug-likeness (QED) is 0.630. The number of aryl methyl sites for hydroxylation is 1. The Morgan fingerprint density at radius 2 is 2.08 bits per heavy atom. The zero-order valence-corrected chi connectivity index (χ0v) is 15.8. The summed E-state index contributed by atoms with van der Waals surface area (Å²) in [5.41, 5.74) is 3.84. The lowest BCUT2D eigenvalue weighted by atomic mass is 9.89. The molecular weight excluding hydrogens is 330 g/mol. The molecule has 0 bridgehead atoms. The first-order chi connectivity index (χ1) is 12.3. The van der Waals surface area contributed by atoms with Crippen molar-refractivity contribution in [1.82, 2.24) is 10.6 Å². The Hall–Kier alpha value is -1.85. The molecule has 25 heavy (non-hydrogen) atoms. The van der Waals surface area contributed by atoms with Gasteiger partial charge in [-0.25, -0.2) is 0 Å². The van der Waals surface area contributed by atoms with E-state index in [2.05, 4.69) is 63.6 Å². The highest BCUT2D eigenvalue weighted by Crippen LogP contribution is 2.33. The summed E-state index contributed by atoms with van der Waals surface area (Å²) in [4.78, 5) is 4.34. The third kappa shape index (κ3) is 5.06. The molecule has 1 aromatic carbocycles. The fourth-order valence-corrected chi connectivity index (χ4v) is 3.87. The van der Waals surface area contributed by atoms with Crippen LogP contribution in [0.1, 0.15) is 35.6 Å². The molecule has 1 saturated heterocycles. The highest BCUT2D eigenvalue weighted by atomic mass is 32.1. The van der Waals surface area contributed by atoms with Gasteiger partial charge in [0.1, 0.15) is 0 Å². The number of rotatable bonds is 5. The molecule has 0 amide bonds. The molecule has 1 aliphatic heterocycles. The zero-order valence-electron chi connectivity index (χ0n) is 15.0. The summed E-state index contributed by atoms with van der Waals surface area (Å²) in [5.74, 6) is 1.30. The lowest BCUT2D eigenvalue weighted by Crippen LogP contribution is -2.41. The van der Waals surface area contributed by atoms with Crippen molar-refractivity contribution < 1.29 is 4.74 Å². The average Bonchev–Trinajstić information content (AvgIpc) is 3.16. The molecule has 2 atom stereocenters. The molecular formula is C20H27N3OS. The molecule has 2 heterocycles. The number of hydrogen-bond donors (Lipinski definition) is 2. The van der Waals surface area contributed by atoms with Gasteiger partial charge in [-0.15, -0.1) is 0 Å². The van der Waals surface area contributed by atoms with Gasteiger partial charge in [0.2, 0.25) is 0 Å². The summed E-state index contributed by atoms with van der Waals surface area (Å²) < 4.78 is 6.10. The maximum atomic E-state index is 6.10. The van der Waals surface area contributed by atoms with Crippen molar-refractivity contribution in [2.75, 3.05) is 20.2 Å². The van der Waals surface area contributed by atoms with Gasteiger partial charge in [-0.2, -0.15) is 11.3 Å². The number of hydrogen-bond acceptors (Lipinski definition) is 3. The minimum Gasteiger partial charge on any atom is -0.373 e. The average molecular weight is 358 g/mol. The standard InChI is InChI=1S/C20H27N3OS/c1-15-5-7-17(8-6-15)19-18(4-3-10-24-19)13-23-20(21-2)22-12-16-9-11-25-14-16/h5-9,11,14,18-19H,3-4,10,12-13H2,1-2H3,(H2,21,22,23). The Labute approximate surface area is 154 Å². The topological polar surface area (TPSA) is 45.7 Å². The molecule has 3 rings (SSSR count). The van der Waals surface area contributed by atoms with Crippen molar-refractivity contribution in [3.63, 3.8) is 0 Å². The van der Waals surface area contributed by atoms with Crippen molar-refractivity contribution in [2.24, 2.45) is 10.9 Å². The van der Waals surface area contributed by atoms with Crippen LogP contribution in [-0.4, -0.2) is 26.2 Å². The van der Waals surface area contributed by atoms with Crippen LogP contribution < -0.4 is 10.6 Å². The molecule has 0 saturated carbocycles. The number of nitrogens with one attached hydrogen (secondary N) is 2. The summed E-state index contributed by atoms with van der Waals surface area (Å²) in [6, 6.07) is 10.9. The van der Waals surface area contributed by atoms with E-state index in [-0.39, 0.29) is 6.10 Å². The predicted molar refractivity (Wildman–Crippen MR) is 105 cm³/mol. The van der Waals surface area contributed by atoms with E-state index in [0.29, 0.717) is 5.92 Å². The molecule has 2 aromatic rings. The normalized spacial score (nSPS) is 21.1. The molecule has 0 radical (unpaired) electrons. The molecule has 1 fully saturated rings. The zero-order chi connectivity index (χ0) is 17.5. The lowest BCUT2D eigenvalue weighted by molar-refractivity contribution is -0.0265. The molecule has 1 aliphatic rings. The number of thiophene rings is 1. The first-order valence-electron chi connectivity index (χ1n) is 8.90. The second kappa shape index (κ2) is 9.02. The van der Waals surface area contributed by atoms with Gasteiger partial charge in [0.25, 0.3) is 0 Å². The minimum absolute atomic E-state index is 0.164. The Morgan fingerprint density at radius 3 is 2.80 bits per heavy atom. The summed E-state index contributed by atoms with van der Waals surface area (Å²) >= 11 is 1.72. The maximum absolute atomic E-state index is 6.10. The van der Waals surface area contributed by atoms with Crippen LogP contribution in [0, 0.1) is 12.8 Å². The van der Waals surface area contributed by atoms with Crippen LogP contribution in [0.15, 0.2) is 46.1 Å². The second-order valence-corrected chi connectivity index (χ2v) is 7.32. The Kier molecular flexibility index (Phi) is 6.48. The van der Waals surface area contributed by atoms with E-state index in [1.165, 1.54) is 23.1 Å². The number of ether oxygens (including phenoxy) is 1. The third-order valence-electron chi connectivity index (χ3n) is 4.65. The van der Waals surface area contributed by atoms with Crippen molar-refractivity contribution in [1.29, 1.82) is 0 Å². The molecule has 5 heteroatoms. The SMILES string of the molecule is CN=C(NCc1ccsc1)NCC1CCCOC1c1ccc(C)cc1. The first-order valence-corrected chi connectivity index (χ1v) is 9.84. The molecule has 0 aliphatic carbocycles. The minimum atomic E-state index is 0.164. The molecule has 1 aromatic heterocycles. The monoisotopic (exact) mass is 357 g/mol. The molecule has 2 N–H and O–H groups in total. The van der Waals surface area contributed by atoms with Gasteiger partial charge in [0, 0.05) is 32.7 Å². The van der Waals surface area contributed by atoms with Gasteiger partial charge in [0.15, 0.2) is 5.96 Å². The number of aliphatic imine (C=N–C) groups is 1. The van der Waals surface area contributed by atoms with E-state index < -0.39 is 0 Å². The lowest BCUT2D eigenvalue weighted by Gasteiger charge is -2.32. The second-order valence-electron chi connectivity index (χ2n) is 6.54. The van der Waals surface area contributed by atoms with Crippen LogP contribution in [-0.2, 0) is 11.3 Å². The Balaban J connectivity index is 1.56. The van der Waals surface area contributed by atoms with Crippen molar-refractivity contribution in [2.45, 2.75) is 32.4 Å². The van der Waals surface area contributed by atoms with Gasteiger partial charge in [-0.05, 0) is 47.7 Å². The Morgan fingerprint density at radius 1 is 1.24 bits per heavy atom. The van der Waals surface area contributed by atoms with E-state index in [9.17, 15) is 0 Å². The highest BCUT2D eigenvalue weighted by molar-refractivity contribution is 7.07. The van der Waals surface area contributed by atoms with Crippen LogP contribution >= 0.6 is 11.3 Å². The van der Waals surface area contributed by atoms with Crippen molar-refractivity contribution in [3.8, 4) is 0 Å². The predicted octanol–water partition coefficient (Wildman–Crippen LogP) is 3.89. The summed E-state index contributed by atoms with van der Waals surface area (Å²) in [6.07, 6.45) is 2.46. The van der Waals surface area contributed by atoms with Crippen LogP contribution in [0.5, 0.6) is 0 Å². The fourth-order valence-electron chi connectivity index (χ4n) is 3.20. The Bertz CT molecular complexity index is 667. The van der Waals surface area contributed by atoms with Crippen LogP contribution in [0.2, 0.25) is 0 Å². The van der Waals surface area contributed by atoms with Crippen molar-refractivity contribution in [3.05, 3.63) is 57.8 Å². The number of nitrogens with zero attached hydrogens (tertiary/aromatic N) is 1. The van der Waals surface area contributed by atoms with Crippen LogP contribution in [0.25, 0.3) is 0 Å². The molecule has 2 unspecified atom stereocenters. The van der Waals surface area contributed by atoms with Gasteiger partial charge in [-0.1, -0.05) is 29.8 Å². The highest BCUT2D eigenvalue weighted by Gasteiger charge is 2.27. The summed E-state index contributed by atoms with van der Waals surface area (Å²) in [6.45, 7) is 4.63. The van der Waals surface area contributed by atoms with E-state index in [1.807, 2.05) is 7.05 Å². The summed E-state index contributed by atoms with van der Waals surface area (Å²) in [7, 11) is 1.82. The van der Waals surface area contributed by atoms with Crippen LogP contribution in [0.4, 0.5) is 0 Å². The molecule has 4 nitrogen and oxygen atoms in total. The van der Waals surface area contributed by atoms with Crippen LogP contribution in [0.3, 0.4) is 0 Å². The summed E-state index contributed by atoms with van der Waals surface area (Å²) in [5, 5.41) is 11.1. The van der Waals surface area contributed by atoms with Gasteiger partial charge >= 0.3 is 0 Å². The van der Waals surface area contributed by atoms with E-state index in [0.717, 1.165) is 32.1 Å². The van der Waals surface area contributed by atoms with Gasteiger partial charge in [0.05, 0.1) is 6.10 Å². The third-order valence-corrected chi connectivity index (χ3v) is 5.38. The van der Waals surface area contributed by atoms with E-state index in [1.54, 1.807) is 11.3 Å². The maximum Gasteiger partial charge on any atom is 0.191 e. The number of benzene rings is 1. The molecule has 0 spiro atoms. The number of guanidine groups is 1. The van der Waals surface area contributed by atoms with Crippen molar-refractivity contribution >= 4 is 17.3 Å². The smallest absolute Gasteiger partial charge is 0.191 e. The van der Waals surface area contributed by atoms with Gasteiger partial charge in [-0.3, -0.25) is 4.99 Å². The largest absolute Gasteiger partial charge is 0.373 e. The first kappa shape index (κ1) is 18.0. The van der Waals surface area contributed by atoms with E-state index in [4.69, 9.17) is 4.74 Å². The molecule has 134 valence electrons. The van der Waals surface area contributed by atoms with E-state index >= 15 is 0 Å².